The van der Waals surface area contributed by atoms with Crippen LogP contribution in [-0.4, -0.2) is 62.2 Å². The first-order valence-electron chi connectivity index (χ1n) is 18.1. The maximum Gasteiger partial charge on any atom is 0.200 e. The van der Waals surface area contributed by atoms with Gasteiger partial charge in [-0.25, -0.2) is 4.98 Å². The fraction of sp³-hybridized carbons (Fsp3) is 0.463. The Balaban J connectivity index is 1.50. The molecule has 1 saturated carbocycles. The van der Waals surface area contributed by atoms with E-state index in [9.17, 15) is 30.3 Å². The SMILES string of the molecule is COc1cc(CCC(O)C(C(=O)CCc2cc(O)c(O)c(OCCCC(C)C)c2)C2(c3ccnc(N)c3)CCC(O)C2Cc2ccc[n-]2)ccc1O. The molecule has 1 aliphatic carbocycles. The second-order valence-electron chi connectivity index (χ2n) is 14.5. The van der Waals surface area contributed by atoms with Crippen LogP contribution >= 0.6 is 0 Å². The molecule has 11 nitrogen and oxygen atoms in total. The summed E-state index contributed by atoms with van der Waals surface area (Å²) in [5, 5.41) is 55.1. The van der Waals surface area contributed by atoms with Gasteiger partial charge in [0.1, 0.15) is 11.6 Å². The number of nitrogens with two attached hydrogens (primary N) is 1. The molecule has 11 heteroatoms. The molecule has 7 N–H and O–H groups in total. The van der Waals surface area contributed by atoms with Gasteiger partial charge in [-0.05, 0) is 116 Å². The summed E-state index contributed by atoms with van der Waals surface area (Å²) >= 11 is 0. The molecule has 0 aliphatic heterocycles. The number of anilines is 1. The van der Waals surface area contributed by atoms with Crippen molar-refractivity contribution in [1.29, 1.82) is 0 Å². The van der Waals surface area contributed by atoms with Gasteiger partial charge in [-0.2, -0.15) is 11.9 Å². The number of phenolic OH excluding ortho intramolecular Hbond substituents is 3. The molecule has 280 valence electrons. The molecule has 52 heavy (non-hydrogen) atoms. The lowest BCUT2D eigenvalue weighted by molar-refractivity contribution is -0.132. The zero-order valence-corrected chi connectivity index (χ0v) is 30.2. The number of nitrogen functional groups attached to an aromatic ring is 1. The van der Waals surface area contributed by atoms with Gasteiger partial charge in [0.2, 0.25) is 5.75 Å². The normalized spacial score (nSPS) is 19.8. The number of methoxy groups -OCH3 is 1. The van der Waals surface area contributed by atoms with Crippen LogP contribution in [0.3, 0.4) is 0 Å². The molecule has 0 amide bonds. The number of Topliss-reactive ketones (excluding diaryl/α,β-unsaturated/α-hetero) is 1. The first kappa shape index (κ1) is 38.5. The van der Waals surface area contributed by atoms with E-state index in [1.54, 1.807) is 36.7 Å². The van der Waals surface area contributed by atoms with Crippen LogP contribution in [0.1, 0.15) is 74.8 Å². The molecule has 5 atom stereocenters. The summed E-state index contributed by atoms with van der Waals surface area (Å²) < 4.78 is 11.1. The van der Waals surface area contributed by atoms with Crippen molar-refractivity contribution in [1.82, 2.24) is 9.97 Å². The van der Waals surface area contributed by atoms with Crippen molar-refractivity contribution in [2.24, 2.45) is 17.8 Å². The number of rotatable bonds is 18. The summed E-state index contributed by atoms with van der Waals surface area (Å²) in [5.74, 6) is -1.12. The van der Waals surface area contributed by atoms with Crippen molar-refractivity contribution in [2.45, 2.75) is 89.3 Å². The lowest BCUT2D eigenvalue weighted by atomic mass is 9.58. The summed E-state index contributed by atoms with van der Waals surface area (Å²) in [5.41, 5.74) is 8.11. The molecular weight excluding hydrogens is 662 g/mol. The van der Waals surface area contributed by atoms with Crippen LogP contribution in [0.5, 0.6) is 28.7 Å². The molecule has 2 heterocycles. The number of aliphatic hydroxyl groups is 2. The van der Waals surface area contributed by atoms with E-state index < -0.39 is 29.5 Å². The van der Waals surface area contributed by atoms with Crippen LogP contribution in [0.2, 0.25) is 0 Å². The summed E-state index contributed by atoms with van der Waals surface area (Å²) in [6.07, 6.45) is 5.11. The van der Waals surface area contributed by atoms with Gasteiger partial charge in [0.25, 0.3) is 0 Å². The molecule has 0 radical (unpaired) electrons. The average molecular weight is 715 g/mol. The third-order valence-corrected chi connectivity index (χ3v) is 10.6. The molecule has 1 aliphatic rings. The Labute approximate surface area is 305 Å². The van der Waals surface area contributed by atoms with Gasteiger partial charge in [-0.3, -0.25) is 4.79 Å². The monoisotopic (exact) mass is 714 g/mol. The molecule has 0 saturated heterocycles. The fourth-order valence-corrected chi connectivity index (χ4v) is 7.98. The third-order valence-electron chi connectivity index (χ3n) is 10.6. The van der Waals surface area contributed by atoms with Crippen LogP contribution in [0.4, 0.5) is 5.82 Å². The number of aryl methyl sites for hydroxylation is 2. The van der Waals surface area contributed by atoms with Crippen LogP contribution < -0.4 is 20.2 Å². The predicted molar refractivity (Wildman–Crippen MR) is 198 cm³/mol. The van der Waals surface area contributed by atoms with E-state index in [0.29, 0.717) is 49.5 Å². The predicted octanol–water partition coefficient (Wildman–Crippen LogP) is 5.62. The van der Waals surface area contributed by atoms with E-state index in [2.05, 4.69) is 23.8 Å². The number of pyridine rings is 1. The van der Waals surface area contributed by atoms with E-state index in [-0.39, 0.29) is 53.9 Å². The van der Waals surface area contributed by atoms with Gasteiger partial charge in [-0.15, -0.1) is 0 Å². The van der Waals surface area contributed by atoms with Crippen LogP contribution in [0.15, 0.2) is 67.0 Å². The molecule has 4 aromatic rings. The highest BCUT2D eigenvalue weighted by Gasteiger charge is 2.57. The highest BCUT2D eigenvalue weighted by molar-refractivity contribution is 5.84. The first-order chi connectivity index (χ1) is 24.9. The minimum atomic E-state index is -1.14. The maximum absolute atomic E-state index is 14.8. The number of phenols is 3. The molecule has 5 unspecified atom stereocenters. The Hall–Kier alpha value is -4.74. The zero-order valence-electron chi connectivity index (χ0n) is 30.2. The highest BCUT2D eigenvalue weighted by atomic mass is 16.5. The number of aromatic hydroxyl groups is 3. The van der Waals surface area contributed by atoms with Crippen molar-refractivity contribution in [3.63, 3.8) is 0 Å². The van der Waals surface area contributed by atoms with E-state index in [0.717, 1.165) is 29.7 Å². The molecule has 0 bridgehead atoms. The van der Waals surface area contributed by atoms with E-state index in [1.165, 1.54) is 19.2 Å². The maximum atomic E-state index is 14.8. The lowest BCUT2D eigenvalue weighted by Crippen LogP contribution is -2.51. The molecule has 5 rings (SSSR count). The van der Waals surface area contributed by atoms with E-state index >= 15 is 0 Å². The Morgan fingerprint density at radius 2 is 1.81 bits per heavy atom. The van der Waals surface area contributed by atoms with E-state index in [4.69, 9.17) is 15.2 Å². The third kappa shape index (κ3) is 8.82. The topological polar surface area (TPSA) is 190 Å². The molecule has 1 fully saturated rings. The van der Waals surface area contributed by atoms with Gasteiger partial charge >= 0.3 is 0 Å². The Bertz CT molecular complexity index is 1780. The number of aliphatic hydroxyl groups excluding tert-OH is 2. The van der Waals surface area contributed by atoms with Crippen molar-refractivity contribution >= 4 is 11.6 Å². The van der Waals surface area contributed by atoms with Crippen molar-refractivity contribution in [3.8, 4) is 28.7 Å². The summed E-state index contributed by atoms with van der Waals surface area (Å²) in [6, 6.07) is 15.4. The quantitative estimate of drug-likeness (QED) is 0.0554. The number of nitrogens with zero attached hydrogens (tertiary/aromatic N) is 2. The average Bonchev–Trinajstić information content (AvgIpc) is 3.75. The van der Waals surface area contributed by atoms with Gasteiger partial charge < -0.3 is 45.7 Å². The number of aromatic nitrogens is 2. The second-order valence-corrected chi connectivity index (χ2v) is 14.5. The fourth-order valence-electron chi connectivity index (χ4n) is 7.98. The summed E-state index contributed by atoms with van der Waals surface area (Å²) in [4.78, 5) is 23.5. The number of hydrogen-bond acceptors (Lipinski definition) is 10. The minimum absolute atomic E-state index is 0.00220. The van der Waals surface area contributed by atoms with E-state index in [1.807, 2.05) is 18.2 Å². The number of carbonyl (C=O) groups excluding carboxylic acids is 1. The van der Waals surface area contributed by atoms with Gasteiger partial charge in [-0.1, -0.05) is 32.0 Å². The molecular formula is C41H52N3O8-. The lowest BCUT2D eigenvalue weighted by Gasteiger charge is -2.45. The van der Waals surface area contributed by atoms with Crippen LogP contribution in [-0.2, 0) is 29.5 Å². The van der Waals surface area contributed by atoms with Gasteiger partial charge in [0.05, 0.1) is 31.8 Å². The van der Waals surface area contributed by atoms with Crippen molar-refractivity contribution in [3.05, 3.63) is 89.4 Å². The van der Waals surface area contributed by atoms with Crippen LogP contribution in [0, 0.1) is 17.8 Å². The van der Waals surface area contributed by atoms with Gasteiger partial charge in [0, 0.05) is 18.0 Å². The van der Waals surface area contributed by atoms with Crippen LogP contribution in [0.25, 0.3) is 0 Å². The minimum Gasteiger partial charge on any atom is -0.668 e. The summed E-state index contributed by atoms with van der Waals surface area (Å²) in [6.45, 7) is 4.61. The largest absolute Gasteiger partial charge is 0.668 e. The second kappa shape index (κ2) is 17.2. The number of hydrogen-bond donors (Lipinski definition) is 6. The number of ketones is 1. The van der Waals surface area contributed by atoms with Crippen molar-refractivity contribution < 1.29 is 39.8 Å². The zero-order chi connectivity index (χ0) is 37.4. The molecule has 0 spiro atoms. The Morgan fingerprint density at radius 1 is 1.02 bits per heavy atom. The molecule has 2 aromatic heterocycles. The Kier molecular flexibility index (Phi) is 12.7. The summed E-state index contributed by atoms with van der Waals surface area (Å²) in [7, 11) is 1.47. The number of carbonyl (C=O) groups is 1. The number of benzene rings is 2. The first-order valence-corrected chi connectivity index (χ1v) is 18.1. The highest BCUT2D eigenvalue weighted by Crippen LogP contribution is 2.54. The van der Waals surface area contributed by atoms with Gasteiger partial charge in [0.15, 0.2) is 23.0 Å². The smallest absolute Gasteiger partial charge is 0.200 e. The van der Waals surface area contributed by atoms with Crippen molar-refractivity contribution in [2.75, 3.05) is 19.5 Å². The molecule has 2 aromatic carbocycles. The number of ether oxygens (including phenoxy) is 2. The Morgan fingerprint density at radius 3 is 2.52 bits per heavy atom. The standard InChI is InChI=1S/C41H52N3O8/c1-25(2)6-5-19-52-37-22-27(20-35(49)40(37)50)10-13-34(48)39(33(47)12-9-26-8-11-32(46)36(21-26)51-3)41(28-15-18-44-38(42)23-28)16-14-31(45)30(41)24-29-7-4-17-43-29/h4,7-8,11,15,17-18,20-23,25,30-31,33,39,45-47,49-50H,5-6,9-10,12-14,16,19,24H2,1-3H3,(H2,42,44)/q-1.